The Balaban J connectivity index is 0.00000127. The summed E-state index contributed by atoms with van der Waals surface area (Å²) in [4.78, 5) is 22.7. The van der Waals surface area contributed by atoms with E-state index in [1.54, 1.807) is 0 Å². The first-order valence-corrected chi connectivity index (χ1v) is 11.8. The zero-order valence-electron chi connectivity index (χ0n) is 11.0. The van der Waals surface area contributed by atoms with E-state index < -0.39 is 51.2 Å². The van der Waals surface area contributed by atoms with Crippen LogP contribution in [0, 0.1) is 11.6 Å². The number of benzene rings is 1. The molecule has 0 aliphatic carbocycles. The summed E-state index contributed by atoms with van der Waals surface area (Å²) >= 11 is 4.24. The number of pyridine rings is 1. The summed E-state index contributed by atoms with van der Waals surface area (Å²) in [5, 5.41) is 7.94. The van der Waals surface area contributed by atoms with Crippen molar-refractivity contribution in [3.8, 4) is 0 Å². The first kappa shape index (κ1) is 20.1. The minimum absolute atomic E-state index is 0.259. The summed E-state index contributed by atoms with van der Waals surface area (Å²) in [5.74, 6) is -5.71. The van der Waals surface area contributed by atoms with Gasteiger partial charge in [-0.2, -0.15) is 13.2 Å². The van der Waals surface area contributed by atoms with Crippen molar-refractivity contribution in [2.75, 3.05) is 0 Å². The van der Waals surface area contributed by atoms with Gasteiger partial charge in [0, 0.05) is 50.5 Å². The minimum atomic E-state index is -5.25. The predicted molar refractivity (Wildman–Crippen MR) is 89.1 cm³/mol. The lowest BCUT2D eigenvalue weighted by molar-refractivity contribution is -0.139. The van der Waals surface area contributed by atoms with E-state index >= 15 is 0 Å². The standard InChI is InChI=1S/C12H6F5NO3.I2/c1-18-3-5(11(20)21)10(19)4-2-6(13)8(14)7(9(4)18)12(15,16)17;1-2/h2-3H,1H3,(H,20,21);. The molecule has 4 nitrogen and oxygen atoms in total. The van der Waals surface area contributed by atoms with Crippen LogP contribution in [0.25, 0.3) is 10.9 Å². The Morgan fingerprint density at radius 1 is 1.26 bits per heavy atom. The second-order valence-electron chi connectivity index (χ2n) is 4.23. The Bertz CT molecular complexity index is 832. The molecule has 0 aliphatic heterocycles. The maximum Gasteiger partial charge on any atom is 0.421 e. The van der Waals surface area contributed by atoms with E-state index in [1.165, 1.54) is 0 Å². The van der Waals surface area contributed by atoms with Crippen LogP contribution in [0.1, 0.15) is 15.9 Å². The fourth-order valence-corrected chi connectivity index (χ4v) is 2.03. The van der Waals surface area contributed by atoms with Gasteiger partial charge >= 0.3 is 12.1 Å². The molecule has 0 radical (unpaired) electrons. The Kier molecular flexibility index (Phi) is 6.34. The molecule has 0 atom stereocenters. The van der Waals surface area contributed by atoms with E-state index in [4.69, 9.17) is 5.11 Å². The number of aromatic nitrogens is 1. The third-order valence-corrected chi connectivity index (χ3v) is 2.87. The van der Waals surface area contributed by atoms with Gasteiger partial charge in [0.15, 0.2) is 11.6 Å². The molecule has 0 fully saturated rings. The van der Waals surface area contributed by atoms with E-state index in [2.05, 4.69) is 37.2 Å². The molecular formula is C12H6F5I2NO3. The Hall–Kier alpha value is -0.990. The molecule has 0 unspecified atom stereocenters. The molecule has 1 heterocycles. The topological polar surface area (TPSA) is 59.3 Å². The van der Waals surface area contributed by atoms with Crippen LogP contribution in [-0.4, -0.2) is 15.6 Å². The van der Waals surface area contributed by atoms with Crippen molar-refractivity contribution >= 4 is 54.1 Å². The predicted octanol–water partition coefficient (Wildman–Crippen LogP) is 4.31. The molecule has 1 aromatic carbocycles. The summed E-state index contributed by atoms with van der Waals surface area (Å²) in [6, 6.07) is 0.259. The molecule has 0 amide bonds. The van der Waals surface area contributed by atoms with Crippen LogP contribution >= 0.6 is 37.2 Å². The van der Waals surface area contributed by atoms with E-state index in [1.807, 2.05) is 0 Å². The molecule has 1 N–H and O–H groups in total. The molecule has 0 spiro atoms. The molecule has 0 saturated carbocycles. The van der Waals surface area contributed by atoms with Gasteiger partial charge in [-0.1, -0.05) is 0 Å². The maximum atomic E-state index is 13.5. The quantitative estimate of drug-likeness (QED) is 0.418. The summed E-state index contributed by atoms with van der Waals surface area (Å²) < 4.78 is 66.1. The van der Waals surface area contributed by atoms with Gasteiger partial charge in [0.05, 0.1) is 10.9 Å². The number of carboxylic acids is 1. The van der Waals surface area contributed by atoms with Gasteiger partial charge in [0.2, 0.25) is 5.43 Å². The largest absolute Gasteiger partial charge is 0.477 e. The van der Waals surface area contributed by atoms with Crippen molar-refractivity contribution in [1.29, 1.82) is 0 Å². The van der Waals surface area contributed by atoms with Gasteiger partial charge in [0.25, 0.3) is 0 Å². The Morgan fingerprint density at radius 2 is 1.78 bits per heavy atom. The second-order valence-corrected chi connectivity index (χ2v) is 4.23. The van der Waals surface area contributed by atoms with Crippen LogP contribution in [0.5, 0.6) is 0 Å². The van der Waals surface area contributed by atoms with E-state index in [-0.39, 0.29) is 6.07 Å². The minimum Gasteiger partial charge on any atom is -0.477 e. The highest BCUT2D eigenvalue weighted by Gasteiger charge is 2.39. The number of rotatable bonds is 1. The number of nitrogens with zero attached hydrogens (tertiary/aromatic N) is 1. The van der Waals surface area contributed by atoms with Crippen molar-refractivity contribution in [1.82, 2.24) is 4.57 Å². The van der Waals surface area contributed by atoms with Gasteiger partial charge in [-0.05, 0) is 6.07 Å². The van der Waals surface area contributed by atoms with Crippen molar-refractivity contribution in [3.63, 3.8) is 0 Å². The number of carboxylic acid groups (broad SMARTS) is 1. The van der Waals surface area contributed by atoms with Crippen LogP contribution in [0.2, 0.25) is 0 Å². The third kappa shape index (κ3) is 3.75. The van der Waals surface area contributed by atoms with Crippen molar-refractivity contribution in [2.24, 2.45) is 7.05 Å². The van der Waals surface area contributed by atoms with Crippen molar-refractivity contribution in [2.45, 2.75) is 6.18 Å². The zero-order chi connectivity index (χ0) is 18.1. The average molecular weight is 561 g/mol. The SMILES string of the molecule is Cn1cc(C(=O)O)c(=O)c2cc(F)c(F)c(C(F)(F)F)c21.II. The zero-order valence-corrected chi connectivity index (χ0v) is 15.3. The fourth-order valence-electron chi connectivity index (χ4n) is 2.03. The summed E-state index contributed by atoms with van der Waals surface area (Å²) in [7, 11) is 1.00. The van der Waals surface area contributed by atoms with Crippen LogP contribution in [0.15, 0.2) is 17.1 Å². The third-order valence-electron chi connectivity index (χ3n) is 2.87. The molecule has 2 rings (SSSR count). The first-order chi connectivity index (χ1) is 10.6. The van der Waals surface area contributed by atoms with Gasteiger partial charge in [-0.3, -0.25) is 4.79 Å². The van der Waals surface area contributed by atoms with Crippen molar-refractivity contribution in [3.05, 3.63) is 45.2 Å². The molecule has 11 heteroatoms. The number of carbonyl (C=O) groups is 1. The highest BCUT2D eigenvalue weighted by atomic mass is 128. The fraction of sp³-hybridized carbons (Fsp3) is 0.167. The molecule has 1 aromatic heterocycles. The van der Waals surface area contributed by atoms with E-state index in [0.29, 0.717) is 10.8 Å². The Labute approximate surface area is 148 Å². The molecular weight excluding hydrogens is 555 g/mol. The second kappa shape index (κ2) is 7.27. The molecule has 2 aromatic rings. The number of aromatic carboxylic acids is 1. The number of aryl methyl sites for hydroxylation is 1. The number of hydrogen-bond donors (Lipinski definition) is 1. The number of fused-ring (bicyclic) bond motifs is 1. The lowest BCUT2D eigenvalue weighted by Crippen LogP contribution is -2.22. The lowest BCUT2D eigenvalue weighted by atomic mass is 10.1. The van der Waals surface area contributed by atoms with E-state index in [0.717, 1.165) is 7.05 Å². The lowest BCUT2D eigenvalue weighted by Gasteiger charge is -2.15. The van der Waals surface area contributed by atoms with E-state index in [9.17, 15) is 31.5 Å². The normalized spacial score (nSPS) is 11.1. The van der Waals surface area contributed by atoms with Gasteiger partial charge in [0.1, 0.15) is 11.1 Å². The summed E-state index contributed by atoms with van der Waals surface area (Å²) in [5.41, 5.74) is -5.03. The van der Waals surface area contributed by atoms with Crippen LogP contribution in [0.3, 0.4) is 0 Å². The summed E-state index contributed by atoms with van der Waals surface area (Å²) in [6.07, 6.45) is -4.63. The number of alkyl halides is 3. The molecule has 0 saturated heterocycles. The average Bonchev–Trinajstić information content (AvgIpc) is 2.45. The monoisotopic (exact) mass is 561 g/mol. The van der Waals surface area contributed by atoms with Gasteiger partial charge in [-0.25, -0.2) is 13.6 Å². The van der Waals surface area contributed by atoms with Crippen molar-refractivity contribution < 1.29 is 31.9 Å². The maximum absolute atomic E-state index is 13.5. The molecule has 23 heavy (non-hydrogen) atoms. The smallest absolute Gasteiger partial charge is 0.421 e. The molecule has 0 bridgehead atoms. The summed E-state index contributed by atoms with van der Waals surface area (Å²) in [6.45, 7) is 0. The highest BCUT2D eigenvalue weighted by Crippen LogP contribution is 2.37. The Morgan fingerprint density at radius 3 is 2.22 bits per heavy atom. The molecule has 126 valence electrons. The van der Waals surface area contributed by atoms with Crippen LogP contribution in [-0.2, 0) is 13.2 Å². The van der Waals surface area contributed by atoms with Gasteiger partial charge in [-0.15, -0.1) is 0 Å². The highest BCUT2D eigenvalue weighted by molar-refractivity contribution is 15.0. The number of halogens is 7. The molecule has 0 aliphatic rings. The van der Waals surface area contributed by atoms with Gasteiger partial charge < -0.3 is 9.67 Å². The van der Waals surface area contributed by atoms with Crippen LogP contribution < -0.4 is 5.43 Å². The van der Waals surface area contributed by atoms with Crippen LogP contribution in [0.4, 0.5) is 22.0 Å². The number of hydrogen-bond acceptors (Lipinski definition) is 2. The first-order valence-electron chi connectivity index (χ1n) is 5.51.